The highest BCUT2D eigenvalue weighted by molar-refractivity contribution is 6.07. The van der Waals surface area contributed by atoms with Crippen LogP contribution in [0.3, 0.4) is 0 Å². The van der Waals surface area contributed by atoms with Gasteiger partial charge in [-0.25, -0.2) is 0 Å². The molecular weight excluding hydrogens is 506 g/mol. The van der Waals surface area contributed by atoms with E-state index in [-0.39, 0.29) is 5.78 Å². The number of unbranched alkanes of at least 4 members (excludes halogenated alkanes) is 15. The molecule has 1 heterocycles. The molecule has 4 heteroatoms. The minimum absolute atomic E-state index is 0.229. The number of Topliss-reactive ketones (excluding diaryl/α,β-unsaturated/α-hetero) is 1. The fourth-order valence-corrected chi connectivity index (χ4v) is 5.66. The smallest absolute Gasteiger partial charge is 0.261 e. The molecule has 2 aliphatic rings. The summed E-state index contributed by atoms with van der Waals surface area (Å²) in [6.45, 7) is 3.33. The molecule has 224 valence electrons. The van der Waals surface area contributed by atoms with Gasteiger partial charge in [0.05, 0.1) is 14.2 Å². The standard InChI is InChI=1S/C37H53NO3/c1-4-5-6-7-8-9-10-11-12-13-14-15-16-17-18-21-27-38-28-26-32(33-22-19-20-23-34(33)38)25-24-31-29-35(40-2)37(39)36(30-31)41-3/h19-20,22-26,28-30H,4-18,21,27H2,1-3H3. The second-order valence-electron chi connectivity index (χ2n) is 11.4. The average molecular weight is 560 g/mol. The van der Waals surface area contributed by atoms with Gasteiger partial charge in [0, 0.05) is 24.0 Å². The lowest BCUT2D eigenvalue weighted by Gasteiger charge is -2.27. The first-order valence-electron chi connectivity index (χ1n) is 16.2. The van der Waals surface area contributed by atoms with Gasteiger partial charge in [0.15, 0.2) is 11.5 Å². The molecule has 0 radical (unpaired) electrons. The topological polar surface area (TPSA) is 38.8 Å². The van der Waals surface area contributed by atoms with Gasteiger partial charge >= 0.3 is 0 Å². The number of ketones is 1. The Hall–Kier alpha value is -3.01. The van der Waals surface area contributed by atoms with E-state index in [0.29, 0.717) is 11.5 Å². The predicted octanol–water partition coefficient (Wildman–Crippen LogP) is 10.2. The van der Waals surface area contributed by atoms with E-state index in [1.165, 1.54) is 128 Å². The third-order valence-corrected chi connectivity index (χ3v) is 8.15. The fourth-order valence-electron chi connectivity index (χ4n) is 5.66. The average Bonchev–Trinajstić information content (AvgIpc) is 3.00. The Balaban J connectivity index is 1.36. The summed E-state index contributed by atoms with van der Waals surface area (Å²) in [7, 11) is 3.01. The van der Waals surface area contributed by atoms with Crippen LogP contribution in [0.1, 0.15) is 115 Å². The molecule has 3 rings (SSSR count). The van der Waals surface area contributed by atoms with Crippen molar-refractivity contribution in [2.24, 2.45) is 0 Å². The molecule has 0 unspecified atom stereocenters. The van der Waals surface area contributed by atoms with Gasteiger partial charge in [0.2, 0.25) is 0 Å². The number of benzene rings is 1. The Bertz CT molecular complexity index is 1070. The number of allylic oxidation sites excluding steroid dienone is 7. The maximum atomic E-state index is 12.2. The maximum absolute atomic E-state index is 12.2. The van der Waals surface area contributed by atoms with Gasteiger partial charge in [-0.05, 0) is 41.9 Å². The van der Waals surface area contributed by atoms with Gasteiger partial charge in [-0.2, -0.15) is 0 Å². The fraction of sp³-hybridized carbons (Fsp3) is 0.541. The van der Waals surface area contributed by atoms with Crippen LogP contribution >= 0.6 is 0 Å². The zero-order chi connectivity index (χ0) is 29.1. The van der Waals surface area contributed by atoms with Crippen LogP contribution in [0.15, 0.2) is 77.9 Å². The predicted molar refractivity (Wildman–Crippen MR) is 174 cm³/mol. The maximum Gasteiger partial charge on any atom is 0.261 e. The highest BCUT2D eigenvalue weighted by Crippen LogP contribution is 2.33. The summed E-state index contributed by atoms with van der Waals surface area (Å²) < 4.78 is 10.5. The Morgan fingerprint density at radius 3 is 1.73 bits per heavy atom. The van der Waals surface area contributed by atoms with Gasteiger partial charge in [-0.15, -0.1) is 0 Å². The van der Waals surface area contributed by atoms with Crippen LogP contribution in [0.25, 0.3) is 5.57 Å². The Kier molecular flexibility index (Phi) is 15.2. The van der Waals surface area contributed by atoms with E-state index < -0.39 is 0 Å². The molecule has 0 saturated carbocycles. The molecule has 1 aromatic rings. The molecule has 1 aliphatic heterocycles. The van der Waals surface area contributed by atoms with Crippen molar-refractivity contribution in [2.45, 2.75) is 110 Å². The van der Waals surface area contributed by atoms with Crippen LogP contribution in [0, 0.1) is 0 Å². The quantitative estimate of drug-likeness (QED) is 0.149. The van der Waals surface area contributed by atoms with Gasteiger partial charge in [-0.1, -0.05) is 134 Å². The molecular formula is C37H53NO3. The summed E-state index contributed by atoms with van der Waals surface area (Å²) in [5, 5.41) is 0. The van der Waals surface area contributed by atoms with Crippen LogP contribution in [0.4, 0.5) is 5.69 Å². The van der Waals surface area contributed by atoms with E-state index in [1.54, 1.807) is 12.2 Å². The summed E-state index contributed by atoms with van der Waals surface area (Å²) >= 11 is 0. The minimum Gasteiger partial charge on any atom is -0.492 e. The number of hydrogen-bond donors (Lipinski definition) is 0. The molecule has 0 fully saturated rings. The number of hydrogen-bond acceptors (Lipinski definition) is 4. The molecule has 0 amide bonds. The van der Waals surface area contributed by atoms with Crippen molar-refractivity contribution in [3.05, 3.63) is 83.5 Å². The second kappa shape index (κ2) is 19.2. The van der Waals surface area contributed by atoms with Crippen LogP contribution in [0.5, 0.6) is 0 Å². The lowest BCUT2D eigenvalue weighted by atomic mass is 9.98. The Labute approximate surface area is 249 Å². The van der Waals surface area contributed by atoms with Gasteiger partial charge in [0.25, 0.3) is 5.78 Å². The number of rotatable bonds is 20. The van der Waals surface area contributed by atoms with Crippen LogP contribution in [-0.4, -0.2) is 26.5 Å². The number of methoxy groups -OCH3 is 2. The van der Waals surface area contributed by atoms with E-state index in [4.69, 9.17) is 9.47 Å². The molecule has 0 N–H and O–H groups in total. The highest BCUT2D eigenvalue weighted by Gasteiger charge is 2.21. The number of carbonyl (C=O) groups is 1. The molecule has 0 aromatic heterocycles. The van der Waals surface area contributed by atoms with E-state index in [0.717, 1.165) is 17.7 Å². The molecule has 41 heavy (non-hydrogen) atoms. The van der Waals surface area contributed by atoms with Crippen molar-refractivity contribution >= 4 is 17.0 Å². The van der Waals surface area contributed by atoms with Gasteiger partial charge in [-0.3, -0.25) is 4.79 Å². The SMILES string of the molecule is CCCCCCCCCCCCCCCCCCN1C=CC(=CC=C2C=C(OC)C(=O)C(OC)=C2)c2ccccc21. The third-order valence-electron chi connectivity index (χ3n) is 8.15. The lowest BCUT2D eigenvalue weighted by molar-refractivity contribution is -0.117. The number of nitrogens with zero attached hydrogens (tertiary/aromatic N) is 1. The molecule has 0 bridgehead atoms. The summed E-state index contributed by atoms with van der Waals surface area (Å²) in [6.07, 6.45) is 34.3. The van der Waals surface area contributed by atoms with E-state index in [1.807, 2.05) is 6.08 Å². The zero-order valence-electron chi connectivity index (χ0n) is 26.0. The molecule has 4 nitrogen and oxygen atoms in total. The first-order valence-corrected chi connectivity index (χ1v) is 16.2. The molecule has 1 aromatic carbocycles. The Morgan fingerprint density at radius 2 is 1.20 bits per heavy atom. The molecule has 0 atom stereocenters. The van der Waals surface area contributed by atoms with Crippen molar-refractivity contribution < 1.29 is 14.3 Å². The Morgan fingerprint density at radius 1 is 0.683 bits per heavy atom. The normalized spacial score (nSPS) is 15.6. The summed E-state index contributed by atoms with van der Waals surface area (Å²) in [6, 6.07) is 8.60. The van der Waals surface area contributed by atoms with Crippen LogP contribution in [-0.2, 0) is 14.3 Å². The molecule has 0 spiro atoms. The van der Waals surface area contributed by atoms with E-state index >= 15 is 0 Å². The molecule has 1 aliphatic carbocycles. The monoisotopic (exact) mass is 559 g/mol. The largest absolute Gasteiger partial charge is 0.492 e. The number of carbonyl (C=O) groups excluding carboxylic acids is 1. The van der Waals surface area contributed by atoms with Crippen LogP contribution in [0.2, 0.25) is 0 Å². The van der Waals surface area contributed by atoms with E-state index in [9.17, 15) is 4.79 Å². The number of ether oxygens (including phenoxy) is 2. The summed E-state index contributed by atoms with van der Waals surface area (Å²) in [4.78, 5) is 14.6. The number of fused-ring (bicyclic) bond motifs is 1. The lowest BCUT2D eigenvalue weighted by Crippen LogP contribution is -2.21. The van der Waals surface area contributed by atoms with Gasteiger partial charge < -0.3 is 14.4 Å². The number of anilines is 1. The molecule has 0 saturated heterocycles. The van der Waals surface area contributed by atoms with Crippen LogP contribution < -0.4 is 4.90 Å². The first-order chi connectivity index (χ1) is 20.2. The highest BCUT2D eigenvalue weighted by atomic mass is 16.5. The van der Waals surface area contributed by atoms with Crippen molar-refractivity contribution in [3.8, 4) is 0 Å². The van der Waals surface area contributed by atoms with Crippen molar-refractivity contribution in [1.29, 1.82) is 0 Å². The van der Waals surface area contributed by atoms with Gasteiger partial charge in [0.1, 0.15) is 0 Å². The summed E-state index contributed by atoms with van der Waals surface area (Å²) in [5.74, 6) is 0.351. The first kappa shape index (κ1) is 32.5. The van der Waals surface area contributed by atoms with E-state index in [2.05, 4.69) is 54.4 Å². The summed E-state index contributed by atoms with van der Waals surface area (Å²) in [5.41, 5.74) is 4.49. The number of para-hydroxylation sites is 1. The second-order valence-corrected chi connectivity index (χ2v) is 11.4. The zero-order valence-corrected chi connectivity index (χ0v) is 26.0. The third kappa shape index (κ3) is 11.1. The van der Waals surface area contributed by atoms with Crippen molar-refractivity contribution in [3.63, 3.8) is 0 Å². The van der Waals surface area contributed by atoms with Crippen molar-refractivity contribution in [1.82, 2.24) is 0 Å². The minimum atomic E-state index is -0.229. The van der Waals surface area contributed by atoms with Crippen molar-refractivity contribution in [2.75, 3.05) is 25.7 Å².